The van der Waals surface area contributed by atoms with Crippen molar-refractivity contribution in [3.05, 3.63) is 66.0 Å². The molecule has 2 N–H and O–H groups in total. The maximum Gasteiger partial charge on any atom is 0.292 e. The Balaban J connectivity index is 1.62. The lowest BCUT2D eigenvalue weighted by molar-refractivity contribution is 0.0925. The van der Waals surface area contributed by atoms with E-state index in [1.807, 2.05) is 0 Å². The molecule has 0 spiro atoms. The molecule has 1 fully saturated rings. The van der Waals surface area contributed by atoms with Crippen LogP contribution in [-0.2, 0) is 0 Å². The molecule has 2 amide bonds. The first-order valence-corrected chi connectivity index (χ1v) is 9.47. The molecule has 0 radical (unpaired) electrons. The molecule has 1 aliphatic carbocycles. The van der Waals surface area contributed by atoms with Gasteiger partial charge in [-0.1, -0.05) is 31.4 Å². The lowest BCUT2D eigenvalue weighted by Gasteiger charge is -2.22. The Kier molecular flexibility index (Phi) is 5.06. The number of imidazole rings is 1. The Bertz CT molecular complexity index is 1020. The van der Waals surface area contributed by atoms with Crippen LogP contribution in [0.1, 0.15) is 53.2 Å². The fraction of sp³-hybridized carbons (Fsp3) is 0.286. The van der Waals surface area contributed by atoms with Crippen LogP contribution in [0.4, 0.5) is 10.1 Å². The zero-order valence-electron chi connectivity index (χ0n) is 15.3. The van der Waals surface area contributed by atoms with Gasteiger partial charge in [-0.3, -0.25) is 14.0 Å². The van der Waals surface area contributed by atoms with Crippen LogP contribution in [0.2, 0.25) is 0 Å². The summed E-state index contributed by atoms with van der Waals surface area (Å²) < 4.78 is 15.0. The molecule has 1 saturated carbocycles. The average molecular weight is 380 g/mol. The van der Waals surface area contributed by atoms with Gasteiger partial charge in [-0.15, -0.1) is 0 Å². The van der Waals surface area contributed by atoms with E-state index in [1.165, 1.54) is 24.6 Å². The number of amides is 2. The molecular weight excluding hydrogens is 359 g/mol. The average Bonchev–Trinajstić information content (AvgIpc) is 3.09. The summed E-state index contributed by atoms with van der Waals surface area (Å²) in [7, 11) is 0. The summed E-state index contributed by atoms with van der Waals surface area (Å²) in [5.41, 5.74) is 1.10. The monoisotopic (exact) mass is 380 g/mol. The predicted molar refractivity (Wildman–Crippen MR) is 104 cm³/mol. The maximum absolute atomic E-state index is 13.4. The molecule has 0 atom stereocenters. The largest absolute Gasteiger partial charge is 0.348 e. The van der Waals surface area contributed by atoms with E-state index in [2.05, 4.69) is 15.6 Å². The summed E-state index contributed by atoms with van der Waals surface area (Å²) in [6.07, 6.45) is 7.02. The van der Waals surface area contributed by atoms with E-state index in [4.69, 9.17) is 0 Å². The Morgan fingerprint density at radius 3 is 2.64 bits per heavy atom. The van der Waals surface area contributed by atoms with Crippen LogP contribution < -0.4 is 10.6 Å². The quantitative estimate of drug-likeness (QED) is 0.723. The van der Waals surface area contributed by atoms with Gasteiger partial charge in [0.25, 0.3) is 11.8 Å². The molecule has 6 nitrogen and oxygen atoms in total. The summed E-state index contributed by atoms with van der Waals surface area (Å²) in [6, 6.07) is 11.1. The number of benzene rings is 1. The number of hydrogen-bond donors (Lipinski definition) is 2. The van der Waals surface area contributed by atoms with Gasteiger partial charge >= 0.3 is 0 Å². The van der Waals surface area contributed by atoms with Crippen LogP contribution in [0.5, 0.6) is 0 Å². The van der Waals surface area contributed by atoms with Crippen molar-refractivity contribution in [2.24, 2.45) is 0 Å². The normalized spacial score (nSPS) is 14.8. The third-order valence-corrected chi connectivity index (χ3v) is 4.99. The van der Waals surface area contributed by atoms with Gasteiger partial charge in [0.05, 0.1) is 5.52 Å². The first kappa shape index (κ1) is 18.2. The minimum absolute atomic E-state index is 0.0775. The van der Waals surface area contributed by atoms with E-state index in [0.29, 0.717) is 11.2 Å². The van der Waals surface area contributed by atoms with Gasteiger partial charge in [0.2, 0.25) is 5.82 Å². The molecule has 0 bridgehead atoms. The number of anilines is 1. The fourth-order valence-electron chi connectivity index (χ4n) is 3.62. The molecule has 1 aromatic carbocycles. The highest BCUT2D eigenvalue weighted by molar-refractivity contribution is 6.06. The van der Waals surface area contributed by atoms with Gasteiger partial charge in [0.15, 0.2) is 5.69 Å². The summed E-state index contributed by atoms with van der Waals surface area (Å²) in [6.45, 7) is 0. The number of pyridine rings is 1. The number of aromatic nitrogens is 2. The molecule has 4 rings (SSSR count). The Morgan fingerprint density at radius 2 is 1.86 bits per heavy atom. The standard InChI is InChI=1S/C21H21FN4O2/c22-14-7-6-10-16(13-14)24-21(28)19-25-18(17-11-4-5-12-26(17)19)20(27)23-15-8-2-1-3-9-15/h4-7,10-13,15H,1-3,8-9H2,(H,23,27)(H,24,28). The molecule has 1 aliphatic rings. The molecule has 0 unspecified atom stereocenters. The minimum atomic E-state index is -0.511. The zero-order chi connectivity index (χ0) is 19.5. The molecule has 0 saturated heterocycles. The van der Waals surface area contributed by atoms with Crippen LogP contribution in [-0.4, -0.2) is 27.2 Å². The molecule has 2 aromatic heterocycles. The SMILES string of the molecule is O=C(NC1CCCCC1)c1nc(C(=O)Nc2cccc(F)c2)n2ccccc12. The van der Waals surface area contributed by atoms with Gasteiger partial charge in [-0.05, 0) is 43.2 Å². The second-order valence-corrected chi connectivity index (χ2v) is 7.01. The van der Waals surface area contributed by atoms with Crippen LogP contribution in [0.3, 0.4) is 0 Å². The summed E-state index contributed by atoms with van der Waals surface area (Å²) in [5.74, 6) is -1.16. The molecule has 2 heterocycles. The van der Waals surface area contributed by atoms with Crippen LogP contribution in [0.25, 0.3) is 5.52 Å². The number of halogens is 1. The predicted octanol–water partition coefficient (Wildman–Crippen LogP) is 3.79. The first-order chi connectivity index (χ1) is 13.6. The lowest BCUT2D eigenvalue weighted by atomic mass is 9.95. The number of nitrogens with zero attached hydrogens (tertiary/aromatic N) is 2. The molecule has 144 valence electrons. The third kappa shape index (κ3) is 3.74. The van der Waals surface area contributed by atoms with Crippen molar-refractivity contribution in [3.63, 3.8) is 0 Å². The van der Waals surface area contributed by atoms with Gasteiger partial charge in [0, 0.05) is 17.9 Å². The number of carbonyl (C=O) groups is 2. The zero-order valence-corrected chi connectivity index (χ0v) is 15.3. The molecule has 3 aromatic rings. The summed E-state index contributed by atoms with van der Waals surface area (Å²) >= 11 is 0. The fourth-order valence-corrected chi connectivity index (χ4v) is 3.62. The summed E-state index contributed by atoms with van der Waals surface area (Å²) in [5, 5.41) is 5.67. The van der Waals surface area contributed by atoms with Gasteiger partial charge in [-0.2, -0.15) is 0 Å². The Hall–Kier alpha value is -3.22. The van der Waals surface area contributed by atoms with E-state index >= 15 is 0 Å². The lowest BCUT2D eigenvalue weighted by Crippen LogP contribution is -2.36. The van der Waals surface area contributed by atoms with Crippen LogP contribution in [0.15, 0.2) is 48.7 Å². The van der Waals surface area contributed by atoms with Crippen molar-refractivity contribution in [2.45, 2.75) is 38.1 Å². The number of hydrogen-bond acceptors (Lipinski definition) is 3. The maximum atomic E-state index is 13.4. The molecule has 7 heteroatoms. The Morgan fingerprint density at radius 1 is 1.04 bits per heavy atom. The van der Waals surface area contributed by atoms with E-state index in [1.54, 1.807) is 34.9 Å². The highest BCUT2D eigenvalue weighted by Crippen LogP contribution is 2.20. The van der Waals surface area contributed by atoms with Crippen molar-refractivity contribution in [1.82, 2.24) is 14.7 Å². The first-order valence-electron chi connectivity index (χ1n) is 9.47. The van der Waals surface area contributed by atoms with E-state index in [9.17, 15) is 14.0 Å². The second kappa shape index (κ2) is 7.80. The number of carbonyl (C=O) groups excluding carboxylic acids is 2. The van der Waals surface area contributed by atoms with E-state index in [-0.39, 0.29) is 23.5 Å². The molecular formula is C21H21FN4O2. The van der Waals surface area contributed by atoms with E-state index < -0.39 is 11.7 Å². The highest BCUT2D eigenvalue weighted by atomic mass is 19.1. The van der Waals surface area contributed by atoms with Gasteiger partial charge < -0.3 is 10.6 Å². The van der Waals surface area contributed by atoms with E-state index in [0.717, 1.165) is 25.7 Å². The third-order valence-electron chi connectivity index (χ3n) is 4.99. The summed E-state index contributed by atoms with van der Waals surface area (Å²) in [4.78, 5) is 29.8. The minimum Gasteiger partial charge on any atom is -0.348 e. The number of fused-ring (bicyclic) bond motifs is 1. The Labute approximate surface area is 161 Å². The topological polar surface area (TPSA) is 75.5 Å². The molecule has 0 aliphatic heterocycles. The van der Waals surface area contributed by atoms with Gasteiger partial charge in [0.1, 0.15) is 5.82 Å². The van der Waals surface area contributed by atoms with Crippen molar-refractivity contribution < 1.29 is 14.0 Å². The van der Waals surface area contributed by atoms with Crippen LogP contribution in [0, 0.1) is 5.82 Å². The smallest absolute Gasteiger partial charge is 0.292 e. The second-order valence-electron chi connectivity index (χ2n) is 7.01. The molecule has 28 heavy (non-hydrogen) atoms. The van der Waals surface area contributed by atoms with Crippen molar-refractivity contribution in [3.8, 4) is 0 Å². The van der Waals surface area contributed by atoms with Crippen LogP contribution >= 0.6 is 0 Å². The highest BCUT2D eigenvalue weighted by Gasteiger charge is 2.24. The van der Waals surface area contributed by atoms with Crippen molar-refractivity contribution >= 4 is 23.0 Å². The number of rotatable bonds is 4. The van der Waals surface area contributed by atoms with Crippen molar-refractivity contribution in [1.29, 1.82) is 0 Å². The van der Waals surface area contributed by atoms with Crippen molar-refractivity contribution in [2.75, 3.05) is 5.32 Å². The van der Waals surface area contributed by atoms with Gasteiger partial charge in [-0.25, -0.2) is 9.37 Å². The number of nitrogens with one attached hydrogen (secondary N) is 2.